The Balaban J connectivity index is 2.18. The van der Waals surface area contributed by atoms with Crippen LogP contribution in [0.1, 0.15) is 45.2 Å². The largest absolute Gasteiger partial charge is 0.334 e. The molecule has 104 valence electrons. The number of likely N-dealkylation sites (tertiary alicyclic amines) is 1. The summed E-state index contributed by atoms with van der Waals surface area (Å²) in [5.74, 6) is 0.0823. The number of amides is 1. The monoisotopic (exact) mass is 260 g/mol. The fraction of sp³-hybridized carbons (Fsp3) is 0.562. The molecule has 1 unspecified atom stereocenters. The van der Waals surface area contributed by atoms with Gasteiger partial charge in [-0.25, -0.2) is 0 Å². The fourth-order valence-corrected chi connectivity index (χ4v) is 2.60. The predicted octanol–water partition coefficient (Wildman–Crippen LogP) is 2.72. The highest BCUT2D eigenvalue weighted by atomic mass is 16.2. The number of hydrogen-bond donors (Lipinski definition) is 1. The number of carbonyl (C=O) groups excluding carboxylic acids is 1. The van der Waals surface area contributed by atoms with Crippen molar-refractivity contribution >= 4 is 5.91 Å². The van der Waals surface area contributed by atoms with Crippen LogP contribution >= 0.6 is 0 Å². The van der Waals surface area contributed by atoms with Crippen LogP contribution in [0.2, 0.25) is 0 Å². The van der Waals surface area contributed by atoms with E-state index in [1.165, 1.54) is 5.56 Å². The van der Waals surface area contributed by atoms with Crippen molar-refractivity contribution in [3.8, 4) is 0 Å². The molecule has 0 radical (unpaired) electrons. The second-order valence-electron chi connectivity index (χ2n) is 6.44. The molecule has 1 aliphatic rings. The molecule has 0 aromatic heterocycles. The minimum absolute atomic E-state index is 0.0823. The first-order chi connectivity index (χ1) is 8.91. The van der Waals surface area contributed by atoms with E-state index in [0.717, 1.165) is 19.4 Å². The van der Waals surface area contributed by atoms with Crippen LogP contribution < -0.4 is 5.73 Å². The van der Waals surface area contributed by atoms with E-state index in [1.54, 1.807) is 0 Å². The van der Waals surface area contributed by atoms with Gasteiger partial charge in [-0.2, -0.15) is 0 Å². The standard InChI is InChI=1S/C16H24N2O/c1-16(2,3)14(17)15(19)18-11-7-10-13(18)12-8-5-4-6-9-12/h4-6,8-9,13-14H,7,10-11,17H2,1-3H3/t13?,14-/m0/s1. The molecule has 1 aromatic rings. The number of nitrogens with two attached hydrogens (primary N) is 1. The van der Waals surface area contributed by atoms with E-state index in [0.29, 0.717) is 0 Å². The topological polar surface area (TPSA) is 46.3 Å². The van der Waals surface area contributed by atoms with Crippen molar-refractivity contribution in [3.63, 3.8) is 0 Å². The van der Waals surface area contributed by atoms with Crippen LogP contribution in [0.15, 0.2) is 30.3 Å². The molecule has 1 aromatic carbocycles. The molecule has 2 rings (SSSR count). The number of rotatable bonds is 2. The van der Waals surface area contributed by atoms with Gasteiger partial charge < -0.3 is 10.6 Å². The molecule has 0 saturated carbocycles. The lowest BCUT2D eigenvalue weighted by Crippen LogP contribution is -2.50. The molecule has 19 heavy (non-hydrogen) atoms. The highest BCUT2D eigenvalue weighted by molar-refractivity contribution is 5.83. The number of carbonyl (C=O) groups is 1. The zero-order valence-electron chi connectivity index (χ0n) is 12.1. The molecule has 3 heteroatoms. The Morgan fingerprint density at radius 1 is 1.32 bits per heavy atom. The normalized spacial score (nSPS) is 21.5. The molecule has 1 aliphatic heterocycles. The van der Waals surface area contributed by atoms with E-state index in [9.17, 15) is 4.79 Å². The van der Waals surface area contributed by atoms with Crippen molar-refractivity contribution in [2.75, 3.05) is 6.54 Å². The molecule has 1 amide bonds. The molecular formula is C16H24N2O. The maximum atomic E-state index is 12.6. The van der Waals surface area contributed by atoms with Gasteiger partial charge in [0.15, 0.2) is 0 Å². The summed E-state index contributed by atoms with van der Waals surface area (Å²) in [6, 6.07) is 10.0. The SMILES string of the molecule is CC(C)(C)[C@@H](N)C(=O)N1CCCC1c1ccccc1. The summed E-state index contributed by atoms with van der Waals surface area (Å²) in [6.07, 6.45) is 2.09. The molecule has 1 heterocycles. The quantitative estimate of drug-likeness (QED) is 0.888. The smallest absolute Gasteiger partial charge is 0.240 e. The van der Waals surface area contributed by atoms with Crippen LogP contribution in [-0.4, -0.2) is 23.4 Å². The summed E-state index contributed by atoms with van der Waals surface area (Å²) in [5.41, 5.74) is 7.15. The van der Waals surface area contributed by atoms with Crippen molar-refractivity contribution in [2.45, 2.75) is 45.7 Å². The first kappa shape index (κ1) is 14.1. The Kier molecular flexibility index (Phi) is 3.95. The van der Waals surface area contributed by atoms with Gasteiger partial charge in [0.1, 0.15) is 0 Å². The van der Waals surface area contributed by atoms with Crippen molar-refractivity contribution < 1.29 is 4.79 Å². The van der Waals surface area contributed by atoms with E-state index >= 15 is 0 Å². The van der Waals surface area contributed by atoms with Gasteiger partial charge >= 0.3 is 0 Å². The number of benzene rings is 1. The summed E-state index contributed by atoms with van der Waals surface area (Å²) in [5, 5.41) is 0. The molecule has 0 aliphatic carbocycles. The highest BCUT2D eigenvalue weighted by Crippen LogP contribution is 2.33. The average molecular weight is 260 g/mol. The molecule has 0 spiro atoms. The van der Waals surface area contributed by atoms with Gasteiger partial charge in [0.2, 0.25) is 5.91 Å². The third-order valence-corrected chi connectivity index (χ3v) is 3.92. The minimum atomic E-state index is -0.434. The zero-order chi connectivity index (χ0) is 14.0. The molecule has 0 bridgehead atoms. The summed E-state index contributed by atoms with van der Waals surface area (Å²) in [7, 11) is 0. The zero-order valence-corrected chi connectivity index (χ0v) is 12.1. The van der Waals surface area contributed by atoms with Crippen LogP contribution in [0.4, 0.5) is 0 Å². The second kappa shape index (κ2) is 5.33. The van der Waals surface area contributed by atoms with Crippen molar-refractivity contribution in [1.82, 2.24) is 4.90 Å². The van der Waals surface area contributed by atoms with Gasteiger partial charge in [0.05, 0.1) is 12.1 Å². The lowest BCUT2D eigenvalue weighted by molar-refractivity contribution is -0.135. The number of hydrogen-bond acceptors (Lipinski definition) is 2. The van der Waals surface area contributed by atoms with Crippen molar-refractivity contribution in [1.29, 1.82) is 0 Å². The lowest BCUT2D eigenvalue weighted by Gasteiger charge is -2.33. The van der Waals surface area contributed by atoms with E-state index in [-0.39, 0.29) is 17.4 Å². The van der Waals surface area contributed by atoms with Crippen LogP contribution in [0.25, 0.3) is 0 Å². The van der Waals surface area contributed by atoms with Crippen molar-refractivity contribution in [2.24, 2.45) is 11.1 Å². The van der Waals surface area contributed by atoms with Crippen LogP contribution in [0, 0.1) is 5.41 Å². The van der Waals surface area contributed by atoms with Gasteiger partial charge in [0, 0.05) is 6.54 Å². The third kappa shape index (κ3) is 2.98. The summed E-state index contributed by atoms with van der Waals surface area (Å²) >= 11 is 0. The Morgan fingerprint density at radius 2 is 1.95 bits per heavy atom. The number of nitrogens with zero attached hydrogens (tertiary/aromatic N) is 1. The van der Waals surface area contributed by atoms with E-state index in [1.807, 2.05) is 43.9 Å². The maximum absolute atomic E-state index is 12.6. The molecule has 2 N–H and O–H groups in total. The Bertz CT molecular complexity index is 436. The summed E-state index contributed by atoms with van der Waals surface area (Å²) in [6.45, 7) is 6.87. The molecule has 1 fully saturated rings. The van der Waals surface area contributed by atoms with Crippen LogP contribution in [0.5, 0.6) is 0 Å². The third-order valence-electron chi connectivity index (χ3n) is 3.92. The van der Waals surface area contributed by atoms with Gasteiger partial charge in [-0.05, 0) is 23.8 Å². The summed E-state index contributed by atoms with van der Waals surface area (Å²) in [4.78, 5) is 14.5. The molecular weight excluding hydrogens is 236 g/mol. The maximum Gasteiger partial charge on any atom is 0.240 e. The molecule has 2 atom stereocenters. The second-order valence-corrected chi connectivity index (χ2v) is 6.44. The minimum Gasteiger partial charge on any atom is -0.334 e. The van der Waals surface area contributed by atoms with Crippen LogP contribution in [0.3, 0.4) is 0 Å². The van der Waals surface area contributed by atoms with Gasteiger partial charge in [-0.15, -0.1) is 0 Å². The van der Waals surface area contributed by atoms with Gasteiger partial charge in [0.25, 0.3) is 0 Å². The summed E-state index contributed by atoms with van der Waals surface area (Å²) < 4.78 is 0. The van der Waals surface area contributed by atoms with E-state index < -0.39 is 6.04 Å². The Hall–Kier alpha value is -1.35. The Morgan fingerprint density at radius 3 is 2.53 bits per heavy atom. The molecule has 3 nitrogen and oxygen atoms in total. The van der Waals surface area contributed by atoms with Crippen molar-refractivity contribution in [3.05, 3.63) is 35.9 Å². The van der Waals surface area contributed by atoms with Gasteiger partial charge in [-0.1, -0.05) is 51.1 Å². The lowest BCUT2D eigenvalue weighted by atomic mass is 9.86. The fourth-order valence-electron chi connectivity index (χ4n) is 2.60. The average Bonchev–Trinajstić information content (AvgIpc) is 2.86. The first-order valence-corrected chi connectivity index (χ1v) is 7.02. The van der Waals surface area contributed by atoms with Gasteiger partial charge in [-0.3, -0.25) is 4.79 Å². The molecule has 1 saturated heterocycles. The predicted molar refractivity (Wildman–Crippen MR) is 77.6 cm³/mol. The van der Waals surface area contributed by atoms with E-state index in [2.05, 4.69) is 12.1 Å². The van der Waals surface area contributed by atoms with E-state index in [4.69, 9.17) is 5.73 Å². The Labute approximate surface area is 115 Å². The highest BCUT2D eigenvalue weighted by Gasteiger charge is 2.36. The van der Waals surface area contributed by atoms with Crippen LogP contribution in [-0.2, 0) is 4.79 Å². The first-order valence-electron chi connectivity index (χ1n) is 7.02.